The number of halogens is 1. The van der Waals surface area contributed by atoms with E-state index in [1.54, 1.807) is 0 Å². The summed E-state index contributed by atoms with van der Waals surface area (Å²) in [6.07, 6.45) is 1.43. The van der Waals surface area contributed by atoms with Crippen LogP contribution in [0, 0.1) is 0 Å². The predicted octanol–water partition coefficient (Wildman–Crippen LogP) is 2.64. The lowest BCUT2D eigenvalue weighted by molar-refractivity contribution is -0.0626. The Bertz CT molecular complexity index is 374. The molecule has 1 aliphatic rings. The summed E-state index contributed by atoms with van der Waals surface area (Å²) in [5, 5.41) is 13.8. The van der Waals surface area contributed by atoms with Gasteiger partial charge in [-0.3, -0.25) is 0 Å². The molecular formula is C14H20BrNO2. The highest BCUT2D eigenvalue weighted by atomic mass is 79.9. The van der Waals surface area contributed by atoms with Gasteiger partial charge in [0.2, 0.25) is 0 Å². The molecule has 0 amide bonds. The fourth-order valence-corrected chi connectivity index (χ4v) is 2.40. The van der Waals surface area contributed by atoms with Gasteiger partial charge in [-0.25, -0.2) is 0 Å². The zero-order valence-electron chi connectivity index (χ0n) is 10.7. The third-order valence-electron chi connectivity index (χ3n) is 3.53. The molecule has 2 N–H and O–H groups in total. The van der Waals surface area contributed by atoms with Gasteiger partial charge in [0.05, 0.1) is 5.60 Å². The van der Waals surface area contributed by atoms with E-state index in [2.05, 4.69) is 40.3 Å². The minimum absolute atomic E-state index is 0.241. The standard InChI is InChI=1S/C14H20BrNO2/c1-11(12-2-4-13(15)5-3-12)16-10-14(17)6-8-18-9-7-14/h2-5,11,16-17H,6-10H2,1H3. The van der Waals surface area contributed by atoms with Crippen LogP contribution in [-0.2, 0) is 4.74 Å². The molecule has 1 saturated heterocycles. The van der Waals surface area contributed by atoms with Crippen LogP contribution in [0.15, 0.2) is 28.7 Å². The summed E-state index contributed by atoms with van der Waals surface area (Å²) >= 11 is 3.43. The fraction of sp³-hybridized carbons (Fsp3) is 0.571. The fourth-order valence-electron chi connectivity index (χ4n) is 2.14. The first-order chi connectivity index (χ1) is 8.59. The van der Waals surface area contributed by atoms with E-state index in [1.165, 1.54) is 5.56 Å². The molecule has 1 heterocycles. The van der Waals surface area contributed by atoms with E-state index in [-0.39, 0.29) is 6.04 Å². The maximum absolute atomic E-state index is 10.4. The molecule has 1 fully saturated rings. The maximum atomic E-state index is 10.4. The van der Waals surface area contributed by atoms with Crippen molar-refractivity contribution in [3.05, 3.63) is 34.3 Å². The number of aliphatic hydroxyl groups is 1. The second-order valence-corrected chi connectivity index (χ2v) is 5.91. The van der Waals surface area contributed by atoms with E-state index in [9.17, 15) is 5.11 Å². The second kappa shape index (κ2) is 6.15. The normalized spacial score (nSPS) is 20.6. The van der Waals surface area contributed by atoms with E-state index in [0.29, 0.717) is 32.6 Å². The molecule has 0 bridgehead atoms. The lowest BCUT2D eigenvalue weighted by Crippen LogP contribution is -2.45. The van der Waals surface area contributed by atoms with Crippen molar-refractivity contribution in [2.24, 2.45) is 0 Å². The Labute approximate surface area is 117 Å². The Hall–Kier alpha value is -0.420. The van der Waals surface area contributed by atoms with Gasteiger partial charge in [-0.05, 0) is 24.6 Å². The molecule has 4 heteroatoms. The van der Waals surface area contributed by atoms with Gasteiger partial charge in [0.15, 0.2) is 0 Å². The number of benzene rings is 1. The van der Waals surface area contributed by atoms with Crippen LogP contribution in [0.3, 0.4) is 0 Å². The summed E-state index contributed by atoms with van der Waals surface area (Å²) in [5.74, 6) is 0. The first-order valence-corrected chi connectivity index (χ1v) is 7.17. The summed E-state index contributed by atoms with van der Waals surface area (Å²) in [5.41, 5.74) is 0.621. The zero-order chi connectivity index (χ0) is 13.0. The molecule has 0 saturated carbocycles. The Morgan fingerprint density at radius 3 is 2.56 bits per heavy atom. The molecular weight excluding hydrogens is 294 g/mol. The van der Waals surface area contributed by atoms with Crippen molar-refractivity contribution in [2.75, 3.05) is 19.8 Å². The number of rotatable bonds is 4. The Morgan fingerprint density at radius 1 is 1.33 bits per heavy atom. The van der Waals surface area contributed by atoms with Gasteiger partial charge >= 0.3 is 0 Å². The minimum Gasteiger partial charge on any atom is -0.388 e. The van der Waals surface area contributed by atoms with E-state index >= 15 is 0 Å². The van der Waals surface area contributed by atoms with Gasteiger partial charge in [0.1, 0.15) is 0 Å². The van der Waals surface area contributed by atoms with Crippen molar-refractivity contribution in [3.63, 3.8) is 0 Å². The summed E-state index contributed by atoms with van der Waals surface area (Å²) < 4.78 is 6.36. The Balaban J connectivity index is 1.87. The Morgan fingerprint density at radius 2 is 1.94 bits per heavy atom. The lowest BCUT2D eigenvalue weighted by Gasteiger charge is -2.33. The number of nitrogens with one attached hydrogen (secondary N) is 1. The van der Waals surface area contributed by atoms with Crippen molar-refractivity contribution in [1.82, 2.24) is 5.32 Å². The average Bonchev–Trinajstić information content (AvgIpc) is 2.38. The van der Waals surface area contributed by atoms with Gasteiger partial charge in [-0.2, -0.15) is 0 Å². The second-order valence-electron chi connectivity index (χ2n) is 4.99. The number of ether oxygens (including phenoxy) is 1. The van der Waals surface area contributed by atoms with E-state index in [0.717, 1.165) is 4.47 Å². The molecule has 0 aromatic heterocycles. The third-order valence-corrected chi connectivity index (χ3v) is 4.06. The maximum Gasteiger partial charge on any atom is 0.0815 e. The van der Waals surface area contributed by atoms with Crippen LogP contribution < -0.4 is 5.32 Å². The van der Waals surface area contributed by atoms with Gasteiger partial charge in [-0.1, -0.05) is 28.1 Å². The molecule has 1 unspecified atom stereocenters. The largest absolute Gasteiger partial charge is 0.388 e. The topological polar surface area (TPSA) is 41.5 Å². The minimum atomic E-state index is -0.609. The van der Waals surface area contributed by atoms with E-state index < -0.39 is 5.60 Å². The number of hydrogen-bond donors (Lipinski definition) is 2. The SMILES string of the molecule is CC(NCC1(O)CCOCC1)c1ccc(Br)cc1. The molecule has 0 spiro atoms. The van der Waals surface area contributed by atoms with Crippen LogP contribution in [0.25, 0.3) is 0 Å². The average molecular weight is 314 g/mol. The van der Waals surface area contributed by atoms with Gasteiger partial charge < -0.3 is 15.2 Å². The first kappa shape index (κ1) is 14.0. The summed E-state index contributed by atoms with van der Waals surface area (Å²) in [4.78, 5) is 0. The predicted molar refractivity (Wildman–Crippen MR) is 75.6 cm³/mol. The van der Waals surface area contributed by atoms with Crippen LogP contribution >= 0.6 is 15.9 Å². The highest BCUT2D eigenvalue weighted by Crippen LogP contribution is 2.22. The smallest absolute Gasteiger partial charge is 0.0815 e. The van der Waals surface area contributed by atoms with Gasteiger partial charge in [-0.15, -0.1) is 0 Å². The monoisotopic (exact) mass is 313 g/mol. The van der Waals surface area contributed by atoms with Crippen LogP contribution in [0.1, 0.15) is 31.4 Å². The molecule has 1 aliphatic heterocycles. The highest BCUT2D eigenvalue weighted by molar-refractivity contribution is 9.10. The van der Waals surface area contributed by atoms with Crippen molar-refractivity contribution < 1.29 is 9.84 Å². The summed E-state index contributed by atoms with van der Waals surface area (Å²) in [6.45, 7) is 4.05. The van der Waals surface area contributed by atoms with Crippen molar-refractivity contribution in [1.29, 1.82) is 0 Å². The molecule has 1 aromatic rings. The van der Waals surface area contributed by atoms with Crippen LogP contribution in [0.2, 0.25) is 0 Å². The van der Waals surface area contributed by atoms with E-state index in [4.69, 9.17) is 4.74 Å². The quantitative estimate of drug-likeness (QED) is 0.898. The van der Waals surface area contributed by atoms with Crippen LogP contribution in [-0.4, -0.2) is 30.5 Å². The van der Waals surface area contributed by atoms with Crippen LogP contribution in [0.5, 0.6) is 0 Å². The molecule has 1 atom stereocenters. The summed E-state index contributed by atoms with van der Waals surface area (Å²) in [7, 11) is 0. The van der Waals surface area contributed by atoms with Gasteiger partial charge in [0.25, 0.3) is 0 Å². The molecule has 100 valence electrons. The first-order valence-electron chi connectivity index (χ1n) is 6.38. The highest BCUT2D eigenvalue weighted by Gasteiger charge is 2.29. The molecule has 2 rings (SSSR count). The number of hydrogen-bond acceptors (Lipinski definition) is 3. The molecule has 3 nitrogen and oxygen atoms in total. The van der Waals surface area contributed by atoms with E-state index in [1.807, 2.05) is 12.1 Å². The van der Waals surface area contributed by atoms with Crippen molar-refractivity contribution in [3.8, 4) is 0 Å². The Kier molecular flexibility index (Phi) is 4.78. The molecule has 1 aromatic carbocycles. The zero-order valence-corrected chi connectivity index (χ0v) is 12.2. The van der Waals surface area contributed by atoms with Crippen molar-refractivity contribution in [2.45, 2.75) is 31.4 Å². The molecule has 18 heavy (non-hydrogen) atoms. The summed E-state index contributed by atoms with van der Waals surface area (Å²) in [6, 6.07) is 8.50. The molecule has 0 radical (unpaired) electrons. The van der Waals surface area contributed by atoms with Crippen molar-refractivity contribution >= 4 is 15.9 Å². The van der Waals surface area contributed by atoms with Crippen LogP contribution in [0.4, 0.5) is 0 Å². The lowest BCUT2D eigenvalue weighted by atomic mass is 9.94. The third kappa shape index (κ3) is 3.79. The van der Waals surface area contributed by atoms with Gasteiger partial charge in [0, 0.05) is 43.1 Å². The molecule has 0 aliphatic carbocycles.